The van der Waals surface area contributed by atoms with Crippen LogP contribution in [0.15, 0.2) is 36.7 Å². The van der Waals surface area contributed by atoms with E-state index in [4.69, 9.17) is 9.31 Å². The highest BCUT2D eigenvalue weighted by molar-refractivity contribution is 6.61. The Hall–Kier alpha value is -1.79. The molecule has 114 valence electrons. The van der Waals surface area contributed by atoms with E-state index in [0.29, 0.717) is 11.4 Å². The second-order valence-corrected chi connectivity index (χ2v) is 6.44. The standard InChI is InChI=1S/C16H18BFN2O2/c1-15(2)16(3,4)22-17(21-15)12-9-19-14(20-10-12)11-6-5-7-13(18)8-11/h5-10H,1-4H3. The van der Waals surface area contributed by atoms with E-state index in [1.807, 2.05) is 27.7 Å². The minimum absolute atomic E-state index is 0.309. The fourth-order valence-electron chi connectivity index (χ4n) is 2.22. The van der Waals surface area contributed by atoms with Crippen LogP contribution in [0.1, 0.15) is 27.7 Å². The van der Waals surface area contributed by atoms with Crippen LogP contribution in [0, 0.1) is 5.82 Å². The van der Waals surface area contributed by atoms with E-state index >= 15 is 0 Å². The quantitative estimate of drug-likeness (QED) is 0.800. The Morgan fingerprint density at radius 2 is 1.59 bits per heavy atom. The third-order valence-electron chi connectivity index (χ3n) is 4.28. The van der Waals surface area contributed by atoms with Gasteiger partial charge in [-0.05, 0) is 39.8 Å². The van der Waals surface area contributed by atoms with Gasteiger partial charge in [0.15, 0.2) is 5.82 Å². The summed E-state index contributed by atoms with van der Waals surface area (Å²) in [5.74, 6) is 0.163. The number of halogens is 1. The Balaban J connectivity index is 1.84. The first-order valence-electron chi connectivity index (χ1n) is 7.22. The van der Waals surface area contributed by atoms with Crippen molar-refractivity contribution in [2.75, 3.05) is 0 Å². The first-order chi connectivity index (χ1) is 10.3. The molecule has 0 N–H and O–H groups in total. The largest absolute Gasteiger partial charge is 0.498 e. The number of benzene rings is 1. The lowest BCUT2D eigenvalue weighted by Gasteiger charge is -2.32. The normalized spacial score (nSPS) is 19.4. The molecule has 0 spiro atoms. The van der Waals surface area contributed by atoms with E-state index in [9.17, 15) is 4.39 Å². The van der Waals surface area contributed by atoms with Gasteiger partial charge < -0.3 is 9.31 Å². The zero-order chi connectivity index (χ0) is 16.0. The summed E-state index contributed by atoms with van der Waals surface area (Å²) in [6, 6.07) is 6.20. The average molecular weight is 300 g/mol. The van der Waals surface area contributed by atoms with Crippen LogP contribution >= 0.6 is 0 Å². The van der Waals surface area contributed by atoms with Crippen molar-refractivity contribution in [1.82, 2.24) is 9.97 Å². The lowest BCUT2D eigenvalue weighted by atomic mass is 9.81. The fourth-order valence-corrected chi connectivity index (χ4v) is 2.22. The van der Waals surface area contributed by atoms with Crippen LogP contribution in [0.2, 0.25) is 0 Å². The molecular weight excluding hydrogens is 282 g/mol. The molecule has 0 aliphatic carbocycles. The van der Waals surface area contributed by atoms with Crippen molar-refractivity contribution in [3.05, 3.63) is 42.5 Å². The number of nitrogens with zero attached hydrogens (tertiary/aromatic N) is 2. The van der Waals surface area contributed by atoms with Crippen molar-refractivity contribution in [1.29, 1.82) is 0 Å². The molecule has 1 aromatic heterocycles. The van der Waals surface area contributed by atoms with Crippen molar-refractivity contribution in [3.8, 4) is 11.4 Å². The maximum absolute atomic E-state index is 13.3. The van der Waals surface area contributed by atoms with E-state index in [2.05, 4.69) is 9.97 Å². The van der Waals surface area contributed by atoms with Crippen molar-refractivity contribution in [2.45, 2.75) is 38.9 Å². The van der Waals surface area contributed by atoms with Crippen LogP contribution in [-0.4, -0.2) is 28.3 Å². The van der Waals surface area contributed by atoms with Gasteiger partial charge in [-0.2, -0.15) is 0 Å². The maximum Gasteiger partial charge on any atom is 0.498 e. The van der Waals surface area contributed by atoms with Gasteiger partial charge in [-0.15, -0.1) is 0 Å². The first-order valence-corrected chi connectivity index (χ1v) is 7.22. The maximum atomic E-state index is 13.3. The summed E-state index contributed by atoms with van der Waals surface area (Å²) >= 11 is 0. The summed E-state index contributed by atoms with van der Waals surface area (Å²) in [5.41, 5.74) is 0.580. The summed E-state index contributed by atoms with van der Waals surface area (Å²) in [4.78, 5) is 8.58. The molecule has 1 fully saturated rings. The predicted molar refractivity (Wildman–Crippen MR) is 83.1 cm³/mol. The Labute approximate surface area is 129 Å². The third kappa shape index (κ3) is 2.64. The van der Waals surface area contributed by atoms with Crippen LogP contribution in [-0.2, 0) is 9.31 Å². The molecule has 3 rings (SSSR count). The number of rotatable bonds is 2. The van der Waals surface area contributed by atoms with Crippen LogP contribution < -0.4 is 5.46 Å². The molecule has 0 atom stereocenters. The molecule has 0 radical (unpaired) electrons. The van der Waals surface area contributed by atoms with E-state index < -0.39 is 18.3 Å². The second kappa shape index (κ2) is 5.14. The van der Waals surface area contributed by atoms with Gasteiger partial charge in [0.25, 0.3) is 0 Å². The van der Waals surface area contributed by atoms with Gasteiger partial charge in [0.05, 0.1) is 11.2 Å². The Morgan fingerprint density at radius 3 is 2.14 bits per heavy atom. The zero-order valence-electron chi connectivity index (χ0n) is 13.1. The monoisotopic (exact) mass is 300 g/mol. The molecule has 0 amide bonds. The van der Waals surface area contributed by atoms with Gasteiger partial charge in [-0.25, -0.2) is 14.4 Å². The number of aromatic nitrogens is 2. The van der Waals surface area contributed by atoms with Gasteiger partial charge in [0, 0.05) is 23.4 Å². The minimum Gasteiger partial charge on any atom is -0.399 e. The van der Waals surface area contributed by atoms with Crippen LogP contribution in [0.4, 0.5) is 4.39 Å². The molecule has 2 aromatic rings. The lowest BCUT2D eigenvalue weighted by Crippen LogP contribution is -2.41. The second-order valence-electron chi connectivity index (χ2n) is 6.44. The highest BCUT2D eigenvalue weighted by Crippen LogP contribution is 2.36. The molecule has 6 heteroatoms. The van der Waals surface area contributed by atoms with Crippen LogP contribution in [0.25, 0.3) is 11.4 Å². The highest BCUT2D eigenvalue weighted by Gasteiger charge is 2.51. The Kier molecular flexibility index (Phi) is 3.53. The van der Waals surface area contributed by atoms with E-state index in [1.54, 1.807) is 24.5 Å². The summed E-state index contributed by atoms with van der Waals surface area (Å²) in [5, 5.41) is 0. The molecule has 1 aliphatic heterocycles. The lowest BCUT2D eigenvalue weighted by molar-refractivity contribution is 0.00578. The molecular formula is C16H18BFN2O2. The molecule has 2 heterocycles. The van der Waals surface area contributed by atoms with Crippen molar-refractivity contribution in [2.24, 2.45) is 0 Å². The van der Waals surface area contributed by atoms with E-state index in [1.165, 1.54) is 12.1 Å². The molecule has 0 saturated carbocycles. The van der Waals surface area contributed by atoms with Crippen molar-refractivity contribution >= 4 is 12.6 Å². The van der Waals surface area contributed by atoms with Gasteiger partial charge in [0.1, 0.15) is 5.82 Å². The van der Waals surface area contributed by atoms with E-state index in [-0.39, 0.29) is 5.82 Å². The molecule has 1 saturated heterocycles. The molecule has 22 heavy (non-hydrogen) atoms. The molecule has 4 nitrogen and oxygen atoms in total. The number of hydrogen-bond acceptors (Lipinski definition) is 4. The number of hydrogen-bond donors (Lipinski definition) is 0. The summed E-state index contributed by atoms with van der Waals surface area (Å²) < 4.78 is 25.2. The molecule has 0 bridgehead atoms. The van der Waals surface area contributed by atoms with Crippen LogP contribution in [0.3, 0.4) is 0 Å². The summed E-state index contributed by atoms with van der Waals surface area (Å²) in [6.07, 6.45) is 3.32. The zero-order valence-corrected chi connectivity index (χ0v) is 13.1. The molecule has 1 aliphatic rings. The highest BCUT2D eigenvalue weighted by atomic mass is 19.1. The van der Waals surface area contributed by atoms with Crippen molar-refractivity contribution in [3.63, 3.8) is 0 Å². The summed E-state index contributed by atoms with van der Waals surface area (Å²) in [6.45, 7) is 7.98. The molecule has 0 unspecified atom stereocenters. The minimum atomic E-state index is -0.494. The Morgan fingerprint density at radius 1 is 1.00 bits per heavy atom. The smallest absolute Gasteiger partial charge is 0.399 e. The Bertz CT molecular complexity index is 673. The van der Waals surface area contributed by atoms with Gasteiger partial charge in [0.2, 0.25) is 0 Å². The molecule has 1 aromatic carbocycles. The topological polar surface area (TPSA) is 44.2 Å². The predicted octanol–water partition coefficient (Wildman–Crippen LogP) is 2.58. The SMILES string of the molecule is CC1(C)OB(c2cnc(-c3cccc(F)c3)nc2)OC1(C)C. The van der Waals surface area contributed by atoms with Crippen LogP contribution in [0.5, 0.6) is 0 Å². The first kappa shape index (κ1) is 15.1. The summed E-state index contributed by atoms with van der Waals surface area (Å²) in [7, 11) is -0.494. The average Bonchev–Trinajstić information content (AvgIpc) is 2.68. The van der Waals surface area contributed by atoms with Gasteiger partial charge in [-0.1, -0.05) is 12.1 Å². The van der Waals surface area contributed by atoms with E-state index in [0.717, 1.165) is 5.46 Å². The van der Waals surface area contributed by atoms with Gasteiger partial charge >= 0.3 is 7.12 Å². The van der Waals surface area contributed by atoms with Gasteiger partial charge in [-0.3, -0.25) is 0 Å². The third-order valence-corrected chi connectivity index (χ3v) is 4.28. The van der Waals surface area contributed by atoms with Crippen molar-refractivity contribution < 1.29 is 13.7 Å². The fraction of sp³-hybridized carbons (Fsp3) is 0.375.